The summed E-state index contributed by atoms with van der Waals surface area (Å²) in [5.74, 6) is -2.95. The van der Waals surface area contributed by atoms with Gasteiger partial charge >= 0.3 is 11.6 Å². The second-order valence-electron chi connectivity index (χ2n) is 6.38. The van der Waals surface area contributed by atoms with Crippen LogP contribution < -0.4 is 10.9 Å². The maximum atomic E-state index is 13.6. The van der Waals surface area contributed by atoms with Crippen molar-refractivity contribution < 1.29 is 27.5 Å². The molecule has 0 atom stereocenters. The van der Waals surface area contributed by atoms with Crippen LogP contribution in [0.2, 0.25) is 0 Å². The lowest BCUT2D eigenvalue weighted by molar-refractivity contribution is -0.145. The number of esters is 1. The molecule has 30 heavy (non-hydrogen) atoms. The van der Waals surface area contributed by atoms with Gasteiger partial charge in [0.2, 0.25) is 0 Å². The second-order valence-corrected chi connectivity index (χ2v) is 7.29. The van der Waals surface area contributed by atoms with Crippen molar-refractivity contribution >= 4 is 38.8 Å². The van der Waals surface area contributed by atoms with E-state index >= 15 is 0 Å². The first-order chi connectivity index (χ1) is 14.3. The number of fused-ring (bicyclic) bond motifs is 1. The van der Waals surface area contributed by atoms with Crippen molar-refractivity contribution in [2.75, 3.05) is 6.54 Å². The Labute approximate surface area is 178 Å². The molecule has 0 fully saturated rings. The molecule has 0 saturated heterocycles. The maximum Gasteiger partial charge on any atom is 0.336 e. The predicted molar refractivity (Wildman–Crippen MR) is 108 cm³/mol. The van der Waals surface area contributed by atoms with E-state index in [0.29, 0.717) is 22.6 Å². The zero-order valence-electron chi connectivity index (χ0n) is 15.5. The van der Waals surface area contributed by atoms with Gasteiger partial charge in [-0.25, -0.2) is 13.6 Å². The van der Waals surface area contributed by atoms with Gasteiger partial charge < -0.3 is 14.5 Å². The predicted octanol–water partition coefficient (Wildman–Crippen LogP) is 4.09. The molecule has 0 saturated carbocycles. The third-order valence-electron chi connectivity index (χ3n) is 4.20. The highest BCUT2D eigenvalue weighted by molar-refractivity contribution is 9.10. The van der Waals surface area contributed by atoms with E-state index in [1.165, 1.54) is 6.07 Å². The van der Waals surface area contributed by atoms with Crippen molar-refractivity contribution in [1.29, 1.82) is 0 Å². The van der Waals surface area contributed by atoms with Crippen molar-refractivity contribution in [3.8, 4) is 0 Å². The normalized spacial score (nSPS) is 10.8. The summed E-state index contributed by atoms with van der Waals surface area (Å²) < 4.78 is 37.5. The Morgan fingerprint density at radius 3 is 2.67 bits per heavy atom. The van der Waals surface area contributed by atoms with E-state index in [1.807, 2.05) is 0 Å². The molecule has 9 heteroatoms. The molecule has 3 aromatic rings. The number of hydrogen-bond acceptors (Lipinski definition) is 5. The Morgan fingerprint density at radius 2 is 1.90 bits per heavy atom. The minimum atomic E-state index is -0.960. The van der Waals surface area contributed by atoms with E-state index in [9.17, 15) is 23.2 Å². The number of amides is 1. The monoisotopic (exact) mass is 479 g/mol. The minimum absolute atomic E-state index is 0.0110. The van der Waals surface area contributed by atoms with Crippen LogP contribution in [0.5, 0.6) is 0 Å². The molecule has 6 nitrogen and oxygen atoms in total. The Morgan fingerprint density at radius 1 is 1.10 bits per heavy atom. The molecule has 0 aliphatic carbocycles. The Hall–Kier alpha value is -3.07. The first kappa shape index (κ1) is 21.6. The Bertz CT molecular complexity index is 1160. The quantitative estimate of drug-likeness (QED) is 0.313. The number of halogens is 3. The summed E-state index contributed by atoms with van der Waals surface area (Å²) in [6.45, 7) is 0.00630. The largest absolute Gasteiger partial charge is 0.461 e. The summed E-state index contributed by atoms with van der Waals surface area (Å²) in [5, 5.41) is 3.11. The number of rotatable bonds is 7. The van der Waals surface area contributed by atoms with E-state index in [-0.39, 0.29) is 31.6 Å². The van der Waals surface area contributed by atoms with Crippen LogP contribution in [-0.2, 0) is 16.1 Å². The lowest BCUT2D eigenvalue weighted by atomic mass is 10.1. The van der Waals surface area contributed by atoms with Crippen LogP contribution in [0.4, 0.5) is 8.78 Å². The molecule has 1 amide bonds. The molecule has 0 bridgehead atoms. The number of carbonyl (C=O) groups excluding carboxylic acids is 2. The number of carbonyl (C=O) groups is 2. The van der Waals surface area contributed by atoms with E-state index in [1.54, 1.807) is 18.2 Å². The van der Waals surface area contributed by atoms with Crippen molar-refractivity contribution in [3.63, 3.8) is 0 Å². The highest BCUT2D eigenvalue weighted by atomic mass is 79.9. The lowest BCUT2D eigenvalue weighted by Crippen LogP contribution is -2.26. The molecular formula is C21H16BrF2NO5. The topological polar surface area (TPSA) is 85.6 Å². The fourth-order valence-corrected chi connectivity index (χ4v) is 3.10. The molecule has 3 rings (SSSR count). The molecule has 0 spiro atoms. The fraction of sp³-hybridized carbons (Fsp3) is 0.190. The van der Waals surface area contributed by atoms with E-state index < -0.39 is 29.1 Å². The average molecular weight is 480 g/mol. The maximum absolute atomic E-state index is 13.6. The average Bonchev–Trinajstić information content (AvgIpc) is 2.68. The van der Waals surface area contributed by atoms with Crippen LogP contribution >= 0.6 is 15.9 Å². The Balaban J connectivity index is 1.48. The van der Waals surface area contributed by atoms with E-state index in [4.69, 9.17) is 9.15 Å². The van der Waals surface area contributed by atoms with Gasteiger partial charge in [-0.1, -0.05) is 15.9 Å². The number of benzene rings is 2. The van der Waals surface area contributed by atoms with E-state index in [2.05, 4.69) is 21.2 Å². The molecule has 0 aliphatic heterocycles. The van der Waals surface area contributed by atoms with Crippen LogP contribution in [0, 0.1) is 11.6 Å². The summed E-state index contributed by atoms with van der Waals surface area (Å²) in [4.78, 5) is 35.5. The zero-order chi connectivity index (χ0) is 21.7. The third-order valence-corrected chi connectivity index (χ3v) is 4.69. The molecule has 0 unspecified atom stereocenters. The summed E-state index contributed by atoms with van der Waals surface area (Å²) in [7, 11) is 0. The number of nitrogens with one attached hydrogen (secondary N) is 1. The number of hydrogen-bond donors (Lipinski definition) is 1. The molecule has 0 aliphatic rings. The van der Waals surface area contributed by atoms with Crippen LogP contribution in [-0.4, -0.2) is 18.4 Å². The first-order valence-electron chi connectivity index (χ1n) is 8.94. The van der Waals surface area contributed by atoms with Crippen molar-refractivity contribution in [3.05, 3.63) is 80.1 Å². The van der Waals surface area contributed by atoms with Crippen molar-refractivity contribution in [1.82, 2.24) is 5.32 Å². The molecule has 0 radical (unpaired) electrons. The molecule has 2 aromatic carbocycles. The highest BCUT2D eigenvalue weighted by Crippen LogP contribution is 2.22. The summed E-state index contributed by atoms with van der Waals surface area (Å²) in [6, 6.07) is 9.10. The van der Waals surface area contributed by atoms with Gasteiger partial charge in [0, 0.05) is 40.5 Å². The second kappa shape index (κ2) is 9.62. The van der Waals surface area contributed by atoms with Crippen LogP contribution in [0.25, 0.3) is 11.0 Å². The summed E-state index contributed by atoms with van der Waals surface area (Å²) >= 11 is 3.30. The van der Waals surface area contributed by atoms with Crippen molar-refractivity contribution in [2.24, 2.45) is 0 Å². The van der Waals surface area contributed by atoms with Gasteiger partial charge in [0.15, 0.2) is 0 Å². The minimum Gasteiger partial charge on any atom is -0.461 e. The lowest BCUT2D eigenvalue weighted by Gasteiger charge is -2.08. The zero-order valence-corrected chi connectivity index (χ0v) is 17.1. The molecular weight excluding hydrogens is 464 g/mol. The SMILES string of the molecule is O=C(CCCNC(=O)c1ccc(F)cc1F)OCc1cc(=O)oc2cc(Br)ccc12. The fourth-order valence-electron chi connectivity index (χ4n) is 2.76. The highest BCUT2D eigenvalue weighted by Gasteiger charge is 2.13. The van der Waals surface area contributed by atoms with Gasteiger partial charge in [-0.15, -0.1) is 0 Å². The van der Waals surface area contributed by atoms with Gasteiger partial charge in [0.25, 0.3) is 5.91 Å². The van der Waals surface area contributed by atoms with Crippen LogP contribution in [0.1, 0.15) is 28.8 Å². The van der Waals surface area contributed by atoms with Gasteiger partial charge in [-0.2, -0.15) is 0 Å². The van der Waals surface area contributed by atoms with Gasteiger partial charge in [0.1, 0.15) is 23.8 Å². The smallest absolute Gasteiger partial charge is 0.336 e. The number of ether oxygens (including phenoxy) is 1. The van der Waals surface area contributed by atoms with Gasteiger partial charge in [0.05, 0.1) is 5.56 Å². The molecule has 1 heterocycles. The van der Waals surface area contributed by atoms with Gasteiger partial charge in [-0.05, 0) is 36.8 Å². The first-order valence-corrected chi connectivity index (χ1v) is 9.74. The third kappa shape index (κ3) is 5.50. The van der Waals surface area contributed by atoms with Gasteiger partial charge in [-0.3, -0.25) is 9.59 Å². The van der Waals surface area contributed by atoms with Crippen LogP contribution in [0.3, 0.4) is 0 Å². The summed E-state index contributed by atoms with van der Waals surface area (Å²) in [6.07, 6.45) is 0.273. The Kier molecular flexibility index (Phi) is 6.94. The standard InChI is InChI=1S/C21H16BrF2NO5/c22-13-3-5-15-12(8-20(27)30-18(15)9-13)11-29-19(26)2-1-7-25-21(28)16-6-4-14(23)10-17(16)24/h3-6,8-10H,1-2,7,11H2,(H,25,28). The van der Waals surface area contributed by atoms with E-state index in [0.717, 1.165) is 16.6 Å². The molecule has 1 N–H and O–H groups in total. The van der Waals surface area contributed by atoms with Crippen LogP contribution in [0.15, 0.2) is 56.1 Å². The molecule has 156 valence electrons. The van der Waals surface area contributed by atoms with Crippen molar-refractivity contribution in [2.45, 2.75) is 19.4 Å². The summed E-state index contributed by atoms with van der Waals surface area (Å²) in [5.41, 5.74) is 0.0589. The molecule has 1 aromatic heterocycles.